The Morgan fingerprint density at radius 3 is 2.76 bits per heavy atom. The van der Waals surface area contributed by atoms with E-state index in [4.69, 9.17) is 0 Å². The lowest BCUT2D eigenvalue weighted by Gasteiger charge is -2.28. The maximum absolute atomic E-state index is 3.63. The SMILES string of the molecule is CN1CCC(=C2CC(CCBr)C[B]c3ccccc32)CC1. The Morgan fingerprint density at radius 2 is 2.00 bits per heavy atom. The minimum atomic E-state index is 0.791. The lowest BCUT2D eigenvalue weighted by molar-refractivity contribution is 0.312. The number of halogens is 1. The Hall–Kier alpha value is -0.535. The molecule has 0 amide bonds. The van der Waals surface area contributed by atoms with Crippen molar-refractivity contribution in [2.75, 3.05) is 25.5 Å². The highest BCUT2D eigenvalue weighted by molar-refractivity contribution is 9.09. The van der Waals surface area contributed by atoms with E-state index in [1.54, 1.807) is 11.1 Å². The van der Waals surface area contributed by atoms with Crippen LogP contribution in [0.3, 0.4) is 0 Å². The standard InChI is InChI=1S/C18H24BBrN/c1-21-10-7-15(8-11-21)17-12-14(6-9-20)13-19-18-5-3-2-4-16(17)18/h2-5,14H,6-13H2,1H3. The number of allylic oxidation sites excluding steroid dienone is 1. The minimum absolute atomic E-state index is 0.791. The van der Waals surface area contributed by atoms with Crippen LogP contribution in [0.5, 0.6) is 0 Å². The first-order valence-electron chi connectivity index (χ1n) is 8.16. The zero-order chi connectivity index (χ0) is 14.7. The largest absolute Gasteiger partial charge is 0.306 e. The Bertz CT molecular complexity index is 516. The molecule has 1 aromatic carbocycles. The summed E-state index contributed by atoms with van der Waals surface area (Å²) in [4.78, 5) is 2.45. The number of benzene rings is 1. The van der Waals surface area contributed by atoms with Crippen molar-refractivity contribution in [1.29, 1.82) is 0 Å². The molecule has 0 aliphatic carbocycles. The molecule has 1 nitrogen and oxygen atoms in total. The molecule has 3 heteroatoms. The van der Waals surface area contributed by atoms with Gasteiger partial charge in [-0.2, -0.15) is 0 Å². The van der Waals surface area contributed by atoms with Crippen molar-refractivity contribution in [1.82, 2.24) is 4.90 Å². The Balaban J connectivity index is 1.95. The van der Waals surface area contributed by atoms with Crippen LogP contribution in [-0.2, 0) is 0 Å². The van der Waals surface area contributed by atoms with Crippen molar-refractivity contribution in [3.8, 4) is 0 Å². The van der Waals surface area contributed by atoms with Crippen molar-refractivity contribution in [3.63, 3.8) is 0 Å². The van der Waals surface area contributed by atoms with E-state index in [1.807, 2.05) is 0 Å². The van der Waals surface area contributed by atoms with Gasteiger partial charge in [0, 0.05) is 18.4 Å². The van der Waals surface area contributed by atoms with Gasteiger partial charge in [0.15, 0.2) is 7.28 Å². The third-order valence-electron chi connectivity index (χ3n) is 4.98. The molecule has 0 bridgehead atoms. The van der Waals surface area contributed by atoms with Gasteiger partial charge in [-0.05, 0) is 49.8 Å². The average Bonchev–Trinajstić information content (AvgIpc) is 2.69. The highest BCUT2D eigenvalue weighted by Gasteiger charge is 2.23. The Labute approximate surface area is 138 Å². The molecule has 2 aliphatic rings. The molecule has 1 fully saturated rings. The molecule has 2 aliphatic heterocycles. The van der Waals surface area contributed by atoms with Gasteiger partial charge in [0.05, 0.1) is 0 Å². The Kier molecular flexibility index (Phi) is 5.23. The lowest BCUT2D eigenvalue weighted by Crippen LogP contribution is -2.27. The van der Waals surface area contributed by atoms with Crippen molar-refractivity contribution in [3.05, 3.63) is 35.4 Å². The van der Waals surface area contributed by atoms with Crippen molar-refractivity contribution >= 4 is 34.2 Å². The predicted molar refractivity (Wildman–Crippen MR) is 96.8 cm³/mol. The molecule has 0 saturated carbocycles. The summed E-state index contributed by atoms with van der Waals surface area (Å²) in [6, 6.07) is 9.01. The summed E-state index contributed by atoms with van der Waals surface area (Å²) in [6.45, 7) is 2.43. The van der Waals surface area contributed by atoms with Crippen LogP contribution in [0.4, 0.5) is 0 Å². The van der Waals surface area contributed by atoms with E-state index in [1.165, 1.54) is 56.1 Å². The smallest absolute Gasteiger partial charge is 0.152 e. The molecule has 1 saturated heterocycles. The molecule has 0 N–H and O–H groups in total. The second kappa shape index (κ2) is 7.15. The summed E-state index contributed by atoms with van der Waals surface area (Å²) in [7, 11) is 4.70. The number of hydrogen-bond acceptors (Lipinski definition) is 1. The molecule has 0 spiro atoms. The molecule has 1 unspecified atom stereocenters. The summed E-state index contributed by atoms with van der Waals surface area (Å²) < 4.78 is 0. The fourth-order valence-electron chi connectivity index (χ4n) is 3.62. The molecule has 3 rings (SSSR count). The van der Waals surface area contributed by atoms with Gasteiger partial charge >= 0.3 is 0 Å². The topological polar surface area (TPSA) is 3.24 Å². The first-order chi connectivity index (χ1) is 10.3. The van der Waals surface area contributed by atoms with Crippen molar-refractivity contribution < 1.29 is 0 Å². The van der Waals surface area contributed by atoms with Crippen LogP contribution in [0.1, 0.15) is 31.2 Å². The van der Waals surface area contributed by atoms with Crippen molar-refractivity contribution in [2.24, 2.45) is 5.92 Å². The third kappa shape index (κ3) is 3.63. The van der Waals surface area contributed by atoms with Gasteiger partial charge in [-0.3, -0.25) is 0 Å². The first kappa shape index (κ1) is 15.4. The van der Waals surface area contributed by atoms with E-state index in [2.05, 4.69) is 59.4 Å². The van der Waals surface area contributed by atoms with Gasteiger partial charge < -0.3 is 4.90 Å². The molecule has 21 heavy (non-hydrogen) atoms. The van der Waals surface area contributed by atoms with Crippen LogP contribution in [-0.4, -0.2) is 37.6 Å². The second-order valence-corrected chi connectivity index (χ2v) is 7.25. The molecular formula is C18H24BBrN. The van der Waals surface area contributed by atoms with Crippen LogP contribution in [0, 0.1) is 5.92 Å². The van der Waals surface area contributed by atoms with Crippen LogP contribution < -0.4 is 5.46 Å². The van der Waals surface area contributed by atoms with Gasteiger partial charge in [0.2, 0.25) is 0 Å². The number of hydrogen-bond donors (Lipinski definition) is 0. The van der Waals surface area contributed by atoms with E-state index < -0.39 is 0 Å². The summed E-state index contributed by atoms with van der Waals surface area (Å²) in [5, 5.41) is 1.12. The fraction of sp³-hybridized carbons (Fsp3) is 0.556. The molecule has 0 aromatic heterocycles. The average molecular weight is 345 g/mol. The number of nitrogens with zero attached hydrogens (tertiary/aromatic N) is 1. The molecule has 1 radical (unpaired) electrons. The van der Waals surface area contributed by atoms with E-state index in [0.29, 0.717) is 0 Å². The minimum Gasteiger partial charge on any atom is -0.306 e. The highest BCUT2D eigenvalue weighted by atomic mass is 79.9. The van der Waals surface area contributed by atoms with Crippen LogP contribution >= 0.6 is 15.9 Å². The summed E-state index contributed by atoms with van der Waals surface area (Å²) in [5.41, 5.74) is 6.35. The van der Waals surface area contributed by atoms with E-state index in [9.17, 15) is 0 Å². The molecule has 1 atom stereocenters. The maximum atomic E-state index is 3.63. The summed E-state index contributed by atoms with van der Waals surface area (Å²) >= 11 is 3.63. The monoisotopic (exact) mass is 344 g/mol. The van der Waals surface area contributed by atoms with Crippen LogP contribution in [0.15, 0.2) is 29.8 Å². The van der Waals surface area contributed by atoms with Gasteiger partial charge in [0.25, 0.3) is 0 Å². The predicted octanol–water partition coefficient (Wildman–Crippen LogP) is 3.72. The zero-order valence-electron chi connectivity index (χ0n) is 12.9. The van der Waals surface area contributed by atoms with E-state index in [-0.39, 0.29) is 0 Å². The van der Waals surface area contributed by atoms with Gasteiger partial charge in [-0.1, -0.05) is 57.6 Å². The van der Waals surface area contributed by atoms with Gasteiger partial charge in [-0.25, -0.2) is 0 Å². The van der Waals surface area contributed by atoms with E-state index in [0.717, 1.165) is 11.2 Å². The fourth-order valence-corrected chi connectivity index (χ4v) is 4.27. The van der Waals surface area contributed by atoms with E-state index >= 15 is 0 Å². The summed E-state index contributed by atoms with van der Waals surface area (Å²) in [6.07, 6.45) is 6.26. The quantitative estimate of drug-likeness (QED) is 0.583. The summed E-state index contributed by atoms with van der Waals surface area (Å²) in [5.74, 6) is 0.791. The lowest BCUT2D eigenvalue weighted by atomic mass is 9.63. The Morgan fingerprint density at radius 1 is 1.24 bits per heavy atom. The molecule has 111 valence electrons. The number of piperidine rings is 1. The number of alkyl halides is 1. The zero-order valence-corrected chi connectivity index (χ0v) is 14.5. The van der Waals surface area contributed by atoms with Gasteiger partial charge in [0.1, 0.15) is 0 Å². The third-order valence-corrected chi connectivity index (χ3v) is 5.44. The number of fused-ring (bicyclic) bond motifs is 1. The molecule has 1 aromatic rings. The number of likely N-dealkylation sites (tertiary alicyclic amines) is 1. The molecular weight excluding hydrogens is 321 g/mol. The second-order valence-electron chi connectivity index (χ2n) is 6.46. The highest BCUT2D eigenvalue weighted by Crippen LogP contribution is 2.35. The van der Waals surface area contributed by atoms with Crippen LogP contribution in [0.25, 0.3) is 5.57 Å². The molecule has 2 heterocycles. The normalized spacial score (nSPS) is 23.4. The number of rotatable bonds is 2. The first-order valence-corrected chi connectivity index (χ1v) is 9.28. The maximum Gasteiger partial charge on any atom is 0.152 e. The van der Waals surface area contributed by atoms with Crippen molar-refractivity contribution in [2.45, 2.75) is 32.0 Å². The van der Waals surface area contributed by atoms with Gasteiger partial charge in [-0.15, -0.1) is 0 Å². The van der Waals surface area contributed by atoms with Crippen LogP contribution in [0.2, 0.25) is 6.32 Å².